The number of nitrogens with zero attached hydrogens (tertiary/aromatic N) is 3. The van der Waals surface area contributed by atoms with Crippen molar-refractivity contribution in [3.05, 3.63) is 0 Å². The normalized spacial score (nSPS) is 11.8. The van der Waals surface area contributed by atoms with Crippen molar-refractivity contribution in [1.29, 1.82) is 0 Å². The number of carbonyl (C=O) groups excluding carboxylic acids is 2. The maximum absolute atomic E-state index is 11.4. The lowest BCUT2D eigenvalue weighted by Crippen LogP contribution is -2.43. The first-order valence-electron chi connectivity index (χ1n) is 11.9. The van der Waals surface area contributed by atoms with Crippen LogP contribution in [-0.4, -0.2) is 132 Å². The van der Waals surface area contributed by atoms with E-state index in [9.17, 15) is 9.59 Å². The van der Waals surface area contributed by atoms with E-state index < -0.39 is 0 Å². The van der Waals surface area contributed by atoms with Crippen molar-refractivity contribution in [2.45, 2.75) is 39.7 Å². The van der Waals surface area contributed by atoms with E-state index in [4.69, 9.17) is 9.47 Å². The first kappa shape index (κ1) is 30.9. The van der Waals surface area contributed by atoms with Crippen LogP contribution in [0.25, 0.3) is 0 Å². The molecule has 0 aliphatic heterocycles. The van der Waals surface area contributed by atoms with Crippen LogP contribution in [0, 0.1) is 0 Å². The van der Waals surface area contributed by atoms with Gasteiger partial charge in [-0.15, -0.1) is 0 Å². The topological polar surface area (TPSA) is 86.4 Å². The van der Waals surface area contributed by atoms with Crippen LogP contribution in [0.15, 0.2) is 0 Å². The molecule has 0 heterocycles. The Morgan fingerprint density at radius 1 is 0.812 bits per heavy atom. The van der Waals surface area contributed by atoms with E-state index in [1.54, 1.807) is 14.0 Å². The lowest BCUT2D eigenvalue weighted by molar-refractivity contribution is -0.141. The van der Waals surface area contributed by atoms with Crippen LogP contribution in [0.4, 0.5) is 0 Å². The Labute approximate surface area is 196 Å². The zero-order valence-electron chi connectivity index (χ0n) is 21.5. The third-order valence-corrected chi connectivity index (χ3v) is 5.47. The van der Waals surface area contributed by atoms with Gasteiger partial charge in [-0.25, -0.2) is 0 Å². The Kier molecular flexibility index (Phi) is 19.8. The molecule has 0 amide bonds. The molecule has 2 N–H and O–H groups in total. The van der Waals surface area contributed by atoms with Gasteiger partial charge < -0.3 is 25.0 Å². The minimum atomic E-state index is -0.177. The van der Waals surface area contributed by atoms with Crippen molar-refractivity contribution in [1.82, 2.24) is 25.3 Å². The number of hydrogen-bond donors (Lipinski definition) is 2. The number of carbonyl (C=O) groups is 2. The molecule has 0 atom stereocenters. The van der Waals surface area contributed by atoms with Gasteiger partial charge in [0.15, 0.2) is 0 Å². The monoisotopic (exact) mass is 459 g/mol. The molecule has 0 saturated carbocycles. The molecule has 9 heteroatoms. The summed E-state index contributed by atoms with van der Waals surface area (Å²) < 4.78 is 9.91. The molecular formula is C23H49N5O4. The number of ketones is 1. The zero-order chi connectivity index (χ0) is 24.2. The molecule has 0 aromatic carbocycles. The summed E-state index contributed by atoms with van der Waals surface area (Å²) in [4.78, 5) is 29.3. The molecular weight excluding hydrogens is 410 g/mol. The maximum Gasteiger partial charge on any atom is 0.306 e. The summed E-state index contributed by atoms with van der Waals surface area (Å²) in [5.74, 6) is 0.0686. The Morgan fingerprint density at radius 3 is 1.94 bits per heavy atom. The van der Waals surface area contributed by atoms with Crippen molar-refractivity contribution in [2.24, 2.45) is 0 Å². The molecule has 0 aliphatic rings. The van der Waals surface area contributed by atoms with Gasteiger partial charge in [0.2, 0.25) is 0 Å². The molecule has 0 bridgehead atoms. The zero-order valence-corrected chi connectivity index (χ0v) is 21.5. The maximum atomic E-state index is 11.4. The summed E-state index contributed by atoms with van der Waals surface area (Å²) in [5.41, 5.74) is 0. The lowest BCUT2D eigenvalue weighted by Gasteiger charge is -2.27. The van der Waals surface area contributed by atoms with E-state index in [0.717, 1.165) is 65.4 Å². The van der Waals surface area contributed by atoms with Crippen molar-refractivity contribution >= 4 is 11.8 Å². The SMILES string of the molecule is COCCN(CCNCCN(CCNCCN(C)CCC(C)=O)C(C)C)CCC(=O)OC. The van der Waals surface area contributed by atoms with Crippen LogP contribution in [0.2, 0.25) is 0 Å². The Morgan fingerprint density at radius 2 is 1.41 bits per heavy atom. The number of nitrogens with one attached hydrogen (secondary N) is 2. The highest BCUT2D eigenvalue weighted by Gasteiger charge is 2.10. The van der Waals surface area contributed by atoms with Gasteiger partial charge in [0.1, 0.15) is 5.78 Å². The molecule has 0 spiro atoms. The quantitative estimate of drug-likeness (QED) is 0.175. The van der Waals surface area contributed by atoms with E-state index in [1.165, 1.54) is 7.11 Å². The van der Waals surface area contributed by atoms with Crippen LogP contribution in [-0.2, 0) is 19.1 Å². The number of likely N-dealkylation sites (N-methyl/N-ethyl adjacent to an activating group) is 1. The summed E-state index contributed by atoms with van der Waals surface area (Å²) in [5, 5.41) is 7.03. The number of methoxy groups -OCH3 is 2. The highest BCUT2D eigenvalue weighted by atomic mass is 16.5. The van der Waals surface area contributed by atoms with Crippen molar-refractivity contribution < 1.29 is 19.1 Å². The lowest BCUT2D eigenvalue weighted by atomic mass is 10.3. The molecule has 0 unspecified atom stereocenters. The van der Waals surface area contributed by atoms with Crippen molar-refractivity contribution in [3.63, 3.8) is 0 Å². The van der Waals surface area contributed by atoms with Crippen molar-refractivity contribution in [3.8, 4) is 0 Å². The van der Waals surface area contributed by atoms with Gasteiger partial charge in [-0.1, -0.05) is 0 Å². The molecule has 0 aromatic rings. The fourth-order valence-corrected chi connectivity index (χ4v) is 3.20. The van der Waals surface area contributed by atoms with E-state index in [1.807, 2.05) is 0 Å². The minimum Gasteiger partial charge on any atom is -0.469 e. The van der Waals surface area contributed by atoms with Gasteiger partial charge in [0.05, 0.1) is 20.1 Å². The average Bonchev–Trinajstić information content (AvgIpc) is 2.76. The molecule has 190 valence electrons. The standard InChI is InChI=1S/C23H49N5O4/c1-21(2)28(17-11-24-9-15-26(4)13-7-22(3)29)18-12-25-10-16-27(19-20-31-5)14-8-23(30)32-6/h21,24-25H,7-20H2,1-6H3. The summed E-state index contributed by atoms with van der Waals surface area (Å²) in [7, 11) is 5.18. The Balaban J connectivity index is 4.00. The second-order valence-corrected chi connectivity index (χ2v) is 8.55. The molecule has 32 heavy (non-hydrogen) atoms. The average molecular weight is 460 g/mol. The van der Waals surface area contributed by atoms with Crippen LogP contribution in [0.3, 0.4) is 0 Å². The Bertz CT molecular complexity index is 479. The highest BCUT2D eigenvalue weighted by molar-refractivity contribution is 5.75. The van der Waals surface area contributed by atoms with E-state index in [2.05, 4.69) is 46.2 Å². The Hall–Kier alpha value is -1.10. The van der Waals surface area contributed by atoms with Gasteiger partial charge in [-0.05, 0) is 27.8 Å². The second-order valence-electron chi connectivity index (χ2n) is 8.55. The number of rotatable bonds is 22. The summed E-state index contributed by atoms with van der Waals surface area (Å²) >= 11 is 0. The fourth-order valence-electron chi connectivity index (χ4n) is 3.20. The number of ether oxygens (including phenoxy) is 2. The molecule has 0 aromatic heterocycles. The van der Waals surface area contributed by atoms with Crippen molar-refractivity contribution in [2.75, 3.05) is 99.9 Å². The van der Waals surface area contributed by atoms with E-state index >= 15 is 0 Å². The molecule has 9 nitrogen and oxygen atoms in total. The van der Waals surface area contributed by atoms with Crippen LogP contribution in [0.5, 0.6) is 0 Å². The van der Waals surface area contributed by atoms with Crippen LogP contribution < -0.4 is 10.6 Å². The summed E-state index contributed by atoms with van der Waals surface area (Å²) in [6.45, 7) is 16.6. The van der Waals surface area contributed by atoms with Gasteiger partial charge in [-0.3, -0.25) is 19.4 Å². The first-order valence-corrected chi connectivity index (χ1v) is 11.9. The summed E-state index contributed by atoms with van der Waals surface area (Å²) in [6.07, 6.45) is 1.03. The molecule has 0 aliphatic carbocycles. The van der Waals surface area contributed by atoms with Crippen LogP contribution in [0.1, 0.15) is 33.6 Å². The van der Waals surface area contributed by atoms with Gasteiger partial charge in [0, 0.05) is 91.6 Å². The third kappa shape index (κ3) is 18.5. The number of esters is 1. The minimum absolute atomic E-state index is 0.177. The fraction of sp³-hybridized carbons (Fsp3) is 0.913. The molecule has 0 radical (unpaired) electrons. The largest absolute Gasteiger partial charge is 0.469 e. The molecule has 0 fully saturated rings. The van der Waals surface area contributed by atoms with E-state index in [-0.39, 0.29) is 11.8 Å². The number of Topliss-reactive ketones (excluding diaryl/α,β-unsaturated/α-hetero) is 1. The molecule has 0 rings (SSSR count). The smallest absolute Gasteiger partial charge is 0.306 e. The predicted molar refractivity (Wildman–Crippen MR) is 130 cm³/mol. The van der Waals surface area contributed by atoms with Gasteiger partial charge in [-0.2, -0.15) is 0 Å². The number of hydrogen-bond acceptors (Lipinski definition) is 9. The van der Waals surface area contributed by atoms with Crippen LogP contribution >= 0.6 is 0 Å². The van der Waals surface area contributed by atoms with Gasteiger partial charge in [0.25, 0.3) is 0 Å². The molecule has 0 saturated heterocycles. The predicted octanol–water partition coefficient (Wildman–Crippen LogP) is 0.298. The highest BCUT2D eigenvalue weighted by Crippen LogP contribution is 1.97. The summed E-state index contributed by atoms with van der Waals surface area (Å²) in [6, 6.07) is 0.495. The van der Waals surface area contributed by atoms with Gasteiger partial charge >= 0.3 is 5.97 Å². The first-order chi connectivity index (χ1) is 15.3. The second kappa shape index (κ2) is 20.5. The van der Waals surface area contributed by atoms with E-state index in [0.29, 0.717) is 32.0 Å². The third-order valence-electron chi connectivity index (χ3n) is 5.47.